The lowest BCUT2D eigenvalue weighted by atomic mass is 9.92. The van der Waals surface area contributed by atoms with Crippen molar-refractivity contribution in [3.05, 3.63) is 23.8 Å². The Labute approximate surface area is 170 Å². The van der Waals surface area contributed by atoms with Crippen molar-refractivity contribution < 1.29 is 14.3 Å². The highest BCUT2D eigenvalue weighted by atomic mass is 16.5. The van der Waals surface area contributed by atoms with Crippen LogP contribution in [0.1, 0.15) is 52.5 Å². The van der Waals surface area contributed by atoms with Crippen LogP contribution in [0.2, 0.25) is 0 Å². The third-order valence-electron chi connectivity index (χ3n) is 5.17. The molecule has 1 amide bonds. The van der Waals surface area contributed by atoms with E-state index < -0.39 is 0 Å². The minimum Gasteiger partial charge on any atom is -0.490 e. The molecule has 1 aliphatic heterocycles. The number of amides is 1. The van der Waals surface area contributed by atoms with E-state index in [1.54, 1.807) is 0 Å². The number of ether oxygens (including phenoxy) is 2. The second kappa shape index (κ2) is 11.9. The van der Waals surface area contributed by atoms with Gasteiger partial charge in [0.1, 0.15) is 0 Å². The van der Waals surface area contributed by atoms with Crippen LogP contribution in [0.5, 0.6) is 11.5 Å². The maximum absolute atomic E-state index is 12.2. The van der Waals surface area contributed by atoms with Crippen LogP contribution in [0, 0.1) is 11.8 Å². The molecular formula is C23H38N2O3. The van der Waals surface area contributed by atoms with Crippen molar-refractivity contribution in [3.8, 4) is 11.5 Å². The van der Waals surface area contributed by atoms with Crippen LogP contribution < -0.4 is 14.8 Å². The molecule has 0 saturated carbocycles. The van der Waals surface area contributed by atoms with Crippen molar-refractivity contribution >= 4 is 5.91 Å². The second-order valence-corrected chi connectivity index (χ2v) is 8.06. The van der Waals surface area contributed by atoms with Crippen LogP contribution in [0.25, 0.3) is 0 Å². The molecule has 1 aliphatic rings. The zero-order valence-corrected chi connectivity index (χ0v) is 18.1. The first-order chi connectivity index (χ1) is 13.5. The molecule has 28 heavy (non-hydrogen) atoms. The number of hydrogen-bond donors (Lipinski definition) is 1. The van der Waals surface area contributed by atoms with Crippen LogP contribution in [0.3, 0.4) is 0 Å². The highest BCUT2D eigenvalue weighted by Gasteiger charge is 2.21. The summed E-state index contributed by atoms with van der Waals surface area (Å²) in [5.74, 6) is 3.21. The molecule has 0 bridgehead atoms. The summed E-state index contributed by atoms with van der Waals surface area (Å²) < 4.78 is 11.2. The van der Waals surface area contributed by atoms with E-state index in [2.05, 4.69) is 24.1 Å². The van der Waals surface area contributed by atoms with Crippen molar-refractivity contribution in [2.45, 2.75) is 53.4 Å². The maximum atomic E-state index is 12.2. The number of piperidine rings is 1. The van der Waals surface area contributed by atoms with Crippen LogP contribution >= 0.6 is 0 Å². The number of nitrogens with zero attached hydrogens (tertiary/aromatic N) is 1. The van der Waals surface area contributed by atoms with Crippen molar-refractivity contribution in [1.82, 2.24) is 10.2 Å². The average Bonchev–Trinajstić information content (AvgIpc) is 2.65. The second-order valence-electron chi connectivity index (χ2n) is 8.06. The molecule has 1 aromatic carbocycles. The number of aryl methyl sites for hydroxylation is 1. The molecule has 0 spiro atoms. The number of rotatable bonds is 11. The van der Waals surface area contributed by atoms with E-state index >= 15 is 0 Å². The molecule has 0 unspecified atom stereocenters. The van der Waals surface area contributed by atoms with Gasteiger partial charge in [-0.2, -0.15) is 0 Å². The van der Waals surface area contributed by atoms with Crippen LogP contribution in [-0.4, -0.2) is 50.2 Å². The van der Waals surface area contributed by atoms with E-state index in [0.29, 0.717) is 26.1 Å². The van der Waals surface area contributed by atoms with Crippen molar-refractivity contribution in [2.75, 3.05) is 39.4 Å². The van der Waals surface area contributed by atoms with Gasteiger partial charge in [-0.25, -0.2) is 0 Å². The summed E-state index contributed by atoms with van der Waals surface area (Å²) in [6, 6.07) is 5.93. The molecule has 5 nitrogen and oxygen atoms in total. The lowest BCUT2D eigenvalue weighted by Crippen LogP contribution is -2.40. The van der Waals surface area contributed by atoms with E-state index in [0.717, 1.165) is 48.4 Å². The van der Waals surface area contributed by atoms with Gasteiger partial charge < -0.3 is 19.7 Å². The first-order valence-electron chi connectivity index (χ1n) is 10.9. The first-order valence-corrected chi connectivity index (χ1v) is 10.9. The molecule has 5 heteroatoms. The molecule has 2 rings (SSSR count). The minimum atomic E-state index is 0.118. The fourth-order valence-corrected chi connectivity index (χ4v) is 4.10. The number of benzene rings is 1. The summed E-state index contributed by atoms with van der Waals surface area (Å²) in [7, 11) is 0. The van der Waals surface area contributed by atoms with E-state index in [-0.39, 0.29) is 5.91 Å². The molecule has 2 atom stereocenters. The predicted octanol–water partition coefficient (Wildman–Crippen LogP) is 3.90. The van der Waals surface area contributed by atoms with Crippen molar-refractivity contribution in [3.63, 3.8) is 0 Å². The topological polar surface area (TPSA) is 50.8 Å². The molecule has 1 aromatic rings. The summed E-state index contributed by atoms with van der Waals surface area (Å²) in [4.78, 5) is 14.7. The maximum Gasteiger partial charge on any atom is 0.220 e. The Balaban J connectivity index is 1.68. The van der Waals surface area contributed by atoms with Crippen molar-refractivity contribution in [2.24, 2.45) is 11.8 Å². The van der Waals surface area contributed by atoms with Gasteiger partial charge in [0, 0.05) is 26.1 Å². The van der Waals surface area contributed by atoms with E-state index in [4.69, 9.17) is 9.47 Å². The number of hydrogen-bond acceptors (Lipinski definition) is 4. The van der Waals surface area contributed by atoms with Gasteiger partial charge in [-0.05, 0) is 69.2 Å². The fraction of sp³-hybridized carbons (Fsp3) is 0.696. The van der Waals surface area contributed by atoms with Gasteiger partial charge in [0.05, 0.1) is 13.2 Å². The fourth-order valence-electron chi connectivity index (χ4n) is 4.10. The molecule has 1 heterocycles. The largest absolute Gasteiger partial charge is 0.490 e. The Kier molecular flexibility index (Phi) is 9.62. The monoisotopic (exact) mass is 390 g/mol. The Bertz CT molecular complexity index is 596. The quantitative estimate of drug-likeness (QED) is 0.582. The lowest BCUT2D eigenvalue weighted by Gasteiger charge is -2.34. The summed E-state index contributed by atoms with van der Waals surface area (Å²) in [6.07, 6.45) is 3.56. The number of carbonyl (C=O) groups is 1. The molecule has 1 fully saturated rings. The Morgan fingerprint density at radius 2 is 1.79 bits per heavy atom. The molecule has 0 aromatic heterocycles. The Morgan fingerprint density at radius 3 is 2.46 bits per heavy atom. The van der Waals surface area contributed by atoms with E-state index in [9.17, 15) is 4.79 Å². The zero-order chi connectivity index (χ0) is 20.4. The van der Waals surface area contributed by atoms with Gasteiger partial charge in [0.2, 0.25) is 5.91 Å². The minimum absolute atomic E-state index is 0.118. The number of carbonyl (C=O) groups excluding carboxylic acids is 1. The Morgan fingerprint density at radius 1 is 1.11 bits per heavy atom. The standard InChI is InChI=1S/C23H38N2O3/c1-5-27-21-10-8-20(15-22(21)28-6-2)9-11-23(26)24-12-7-13-25-16-18(3)14-19(4)17-25/h8,10,15,18-19H,5-7,9,11-14,16-17H2,1-4H3,(H,24,26)/t18-,19-/m1/s1. The highest BCUT2D eigenvalue weighted by molar-refractivity contribution is 5.76. The van der Waals surface area contributed by atoms with Crippen LogP contribution in [0.15, 0.2) is 18.2 Å². The molecule has 0 radical (unpaired) electrons. The van der Waals surface area contributed by atoms with Crippen LogP contribution in [0.4, 0.5) is 0 Å². The highest BCUT2D eigenvalue weighted by Crippen LogP contribution is 2.29. The molecule has 1 N–H and O–H groups in total. The lowest BCUT2D eigenvalue weighted by molar-refractivity contribution is -0.121. The van der Waals surface area contributed by atoms with E-state index in [1.807, 2.05) is 32.0 Å². The van der Waals surface area contributed by atoms with Gasteiger partial charge in [0.25, 0.3) is 0 Å². The van der Waals surface area contributed by atoms with Gasteiger partial charge in [-0.15, -0.1) is 0 Å². The van der Waals surface area contributed by atoms with E-state index in [1.165, 1.54) is 19.5 Å². The average molecular weight is 391 g/mol. The predicted molar refractivity (Wildman–Crippen MR) is 114 cm³/mol. The SMILES string of the molecule is CCOc1ccc(CCC(=O)NCCCN2C[C@H](C)C[C@@H](C)C2)cc1OCC. The summed E-state index contributed by atoms with van der Waals surface area (Å²) in [6.45, 7) is 14.0. The van der Waals surface area contributed by atoms with Gasteiger partial charge in [-0.1, -0.05) is 19.9 Å². The molecule has 0 aliphatic carbocycles. The molecule has 158 valence electrons. The number of likely N-dealkylation sites (tertiary alicyclic amines) is 1. The van der Waals surface area contributed by atoms with Gasteiger partial charge in [-0.3, -0.25) is 4.79 Å². The van der Waals surface area contributed by atoms with Crippen LogP contribution in [-0.2, 0) is 11.2 Å². The Hall–Kier alpha value is -1.75. The summed E-state index contributed by atoms with van der Waals surface area (Å²) >= 11 is 0. The van der Waals surface area contributed by atoms with Gasteiger partial charge in [0.15, 0.2) is 11.5 Å². The first kappa shape index (κ1) is 22.5. The summed E-state index contributed by atoms with van der Waals surface area (Å²) in [5.41, 5.74) is 1.10. The third kappa shape index (κ3) is 7.70. The zero-order valence-electron chi connectivity index (χ0n) is 18.1. The van der Waals surface area contributed by atoms with Crippen molar-refractivity contribution in [1.29, 1.82) is 0 Å². The molecular weight excluding hydrogens is 352 g/mol. The summed E-state index contributed by atoms with van der Waals surface area (Å²) in [5, 5.41) is 3.06. The normalized spacial score (nSPS) is 20.0. The number of nitrogens with one attached hydrogen (secondary N) is 1. The molecule has 1 saturated heterocycles. The third-order valence-corrected chi connectivity index (χ3v) is 5.17. The van der Waals surface area contributed by atoms with Gasteiger partial charge >= 0.3 is 0 Å². The smallest absolute Gasteiger partial charge is 0.220 e.